The van der Waals surface area contributed by atoms with Gasteiger partial charge in [0.1, 0.15) is 24.2 Å². The van der Waals surface area contributed by atoms with Crippen molar-refractivity contribution in [3.8, 4) is 5.75 Å². The zero-order valence-corrected chi connectivity index (χ0v) is 13.6. The zero-order valence-electron chi connectivity index (χ0n) is 13.6. The average Bonchev–Trinajstić information content (AvgIpc) is 3.18. The second kappa shape index (κ2) is 8.21. The minimum Gasteiger partial charge on any atom is -0.491 e. The Bertz CT molecular complexity index is 812. The molecule has 0 aliphatic rings. The molecule has 130 valence electrons. The van der Waals surface area contributed by atoms with Crippen LogP contribution >= 0.6 is 0 Å². The SMILES string of the molecule is O=C(NCCOc1cccc2ccccc12)NCC(O)c1ccco1. The second-order valence-corrected chi connectivity index (χ2v) is 5.49. The first-order chi connectivity index (χ1) is 12.2. The summed E-state index contributed by atoms with van der Waals surface area (Å²) in [7, 11) is 0. The molecule has 3 N–H and O–H groups in total. The number of benzene rings is 2. The number of rotatable bonds is 7. The summed E-state index contributed by atoms with van der Waals surface area (Å²) < 4.78 is 10.8. The lowest BCUT2D eigenvalue weighted by molar-refractivity contribution is 0.147. The van der Waals surface area contributed by atoms with Crippen LogP contribution in [0.3, 0.4) is 0 Å². The van der Waals surface area contributed by atoms with Gasteiger partial charge in [-0.15, -0.1) is 0 Å². The first-order valence-electron chi connectivity index (χ1n) is 8.08. The van der Waals surface area contributed by atoms with Gasteiger partial charge in [0.2, 0.25) is 0 Å². The van der Waals surface area contributed by atoms with E-state index in [0.717, 1.165) is 16.5 Å². The zero-order chi connectivity index (χ0) is 17.5. The van der Waals surface area contributed by atoms with Crippen LogP contribution in [-0.2, 0) is 0 Å². The number of carbonyl (C=O) groups is 1. The van der Waals surface area contributed by atoms with E-state index in [1.165, 1.54) is 6.26 Å². The number of nitrogens with one attached hydrogen (secondary N) is 2. The van der Waals surface area contributed by atoms with E-state index in [4.69, 9.17) is 9.15 Å². The fourth-order valence-corrected chi connectivity index (χ4v) is 2.48. The third-order valence-electron chi connectivity index (χ3n) is 3.72. The van der Waals surface area contributed by atoms with Crippen molar-refractivity contribution >= 4 is 16.8 Å². The number of furan rings is 1. The standard InChI is InChI=1S/C19H20N2O4/c22-16(18-9-4-11-24-18)13-21-19(23)20-10-12-25-17-8-3-6-14-5-1-2-7-15(14)17/h1-9,11,16,22H,10,12-13H2,(H2,20,21,23). The van der Waals surface area contributed by atoms with Crippen molar-refractivity contribution in [1.82, 2.24) is 10.6 Å². The molecule has 1 atom stereocenters. The van der Waals surface area contributed by atoms with Gasteiger partial charge in [-0.2, -0.15) is 0 Å². The number of amides is 2. The van der Waals surface area contributed by atoms with E-state index in [1.54, 1.807) is 12.1 Å². The van der Waals surface area contributed by atoms with E-state index in [0.29, 0.717) is 18.9 Å². The topological polar surface area (TPSA) is 83.7 Å². The first-order valence-corrected chi connectivity index (χ1v) is 8.08. The predicted octanol–water partition coefficient (Wildman–Crippen LogP) is 2.84. The molecule has 25 heavy (non-hydrogen) atoms. The number of carbonyl (C=O) groups excluding carboxylic acids is 1. The summed E-state index contributed by atoms with van der Waals surface area (Å²) in [6.07, 6.45) is 0.608. The van der Waals surface area contributed by atoms with Gasteiger partial charge in [-0.1, -0.05) is 36.4 Å². The molecule has 2 aromatic carbocycles. The highest BCUT2D eigenvalue weighted by Gasteiger charge is 2.11. The van der Waals surface area contributed by atoms with E-state index in [1.807, 2.05) is 42.5 Å². The minimum atomic E-state index is -0.868. The molecule has 0 fully saturated rings. The van der Waals surface area contributed by atoms with Gasteiger partial charge in [0, 0.05) is 5.39 Å². The van der Waals surface area contributed by atoms with Crippen molar-refractivity contribution < 1.29 is 19.1 Å². The largest absolute Gasteiger partial charge is 0.491 e. The molecular formula is C19H20N2O4. The van der Waals surface area contributed by atoms with Crippen LogP contribution in [0.25, 0.3) is 10.8 Å². The molecule has 6 heteroatoms. The van der Waals surface area contributed by atoms with E-state index >= 15 is 0 Å². The van der Waals surface area contributed by atoms with Crippen LogP contribution in [-0.4, -0.2) is 30.8 Å². The van der Waals surface area contributed by atoms with Crippen molar-refractivity contribution in [1.29, 1.82) is 0 Å². The molecule has 0 spiro atoms. The Balaban J connectivity index is 1.40. The number of fused-ring (bicyclic) bond motifs is 1. The Labute approximate surface area is 145 Å². The van der Waals surface area contributed by atoms with Gasteiger partial charge in [0.15, 0.2) is 0 Å². The van der Waals surface area contributed by atoms with Crippen LogP contribution in [0.5, 0.6) is 5.75 Å². The van der Waals surface area contributed by atoms with Gasteiger partial charge in [0.25, 0.3) is 0 Å². The van der Waals surface area contributed by atoms with Gasteiger partial charge in [0.05, 0.1) is 19.4 Å². The first kappa shape index (κ1) is 16.9. The van der Waals surface area contributed by atoms with E-state index < -0.39 is 6.10 Å². The molecule has 0 aliphatic carbocycles. The molecule has 0 bridgehead atoms. The highest BCUT2D eigenvalue weighted by Crippen LogP contribution is 2.24. The minimum absolute atomic E-state index is 0.0729. The van der Waals surface area contributed by atoms with E-state index in [9.17, 15) is 9.90 Å². The lowest BCUT2D eigenvalue weighted by Crippen LogP contribution is -2.39. The van der Waals surface area contributed by atoms with Gasteiger partial charge in [-0.05, 0) is 23.6 Å². The number of hydrogen-bond donors (Lipinski definition) is 3. The molecule has 3 aromatic rings. The maximum Gasteiger partial charge on any atom is 0.315 e. The number of aliphatic hydroxyl groups excluding tert-OH is 1. The summed E-state index contributed by atoms with van der Waals surface area (Å²) in [5.74, 6) is 1.20. The Morgan fingerprint density at radius 3 is 2.76 bits per heavy atom. The van der Waals surface area contributed by atoms with Crippen LogP contribution in [0.4, 0.5) is 4.79 Å². The summed E-state index contributed by atoms with van der Waals surface area (Å²) in [4.78, 5) is 11.7. The molecule has 1 unspecified atom stereocenters. The molecule has 3 rings (SSSR count). The van der Waals surface area contributed by atoms with Crippen molar-refractivity contribution in [2.75, 3.05) is 19.7 Å². The summed E-state index contributed by atoms with van der Waals surface area (Å²) in [5, 5.41) is 17.2. The van der Waals surface area contributed by atoms with Crippen LogP contribution < -0.4 is 15.4 Å². The summed E-state index contributed by atoms with van der Waals surface area (Å²) in [5.41, 5.74) is 0. The number of urea groups is 1. The maximum absolute atomic E-state index is 11.7. The van der Waals surface area contributed by atoms with Crippen molar-refractivity contribution in [3.05, 3.63) is 66.6 Å². The fraction of sp³-hybridized carbons (Fsp3) is 0.211. The lowest BCUT2D eigenvalue weighted by atomic mass is 10.1. The third-order valence-corrected chi connectivity index (χ3v) is 3.72. The fourth-order valence-electron chi connectivity index (χ4n) is 2.48. The molecule has 0 aliphatic heterocycles. The Morgan fingerprint density at radius 1 is 1.08 bits per heavy atom. The quantitative estimate of drug-likeness (QED) is 0.578. The lowest BCUT2D eigenvalue weighted by Gasteiger charge is -2.12. The van der Waals surface area contributed by atoms with Gasteiger partial charge in [-0.3, -0.25) is 0 Å². The predicted molar refractivity (Wildman–Crippen MR) is 94.5 cm³/mol. The monoisotopic (exact) mass is 340 g/mol. The number of ether oxygens (including phenoxy) is 1. The molecule has 0 radical (unpaired) electrons. The van der Waals surface area contributed by atoms with Gasteiger partial charge >= 0.3 is 6.03 Å². The Hall–Kier alpha value is -2.99. The van der Waals surface area contributed by atoms with Gasteiger partial charge in [-0.25, -0.2) is 4.79 Å². The van der Waals surface area contributed by atoms with Crippen LogP contribution in [0.1, 0.15) is 11.9 Å². The van der Waals surface area contributed by atoms with E-state index in [-0.39, 0.29) is 12.6 Å². The number of hydrogen-bond acceptors (Lipinski definition) is 4. The smallest absolute Gasteiger partial charge is 0.315 e. The second-order valence-electron chi connectivity index (χ2n) is 5.49. The molecule has 2 amide bonds. The average molecular weight is 340 g/mol. The van der Waals surface area contributed by atoms with Crippen LogP contribution in [0.15, 0.2) is 65.3 Å². The Morgan fingerprint density at radius 2 is 1.92 bits per heavy atom. The van der Waals surface area contributed by atoms with Gasteiger partial charge < -0.3 is 24.9 Å². The van der Waals surface area contributed by atoms with Crippen molar-refractivity contribution in [2.24, 2.45) is 0 Å². The summed E-state index contributed by atoms with van der Waals surface area (Å²) in [6, 6.07) is 16.8. The highest BCUT2D eigenvalue weighted by molar-refractivity contribution is 5.88. The maximum atomic E-state index is 11.7. The molecule has 1 heterocycles. The van der Waals surface area contributed by atoms with Crippen molar-refractivity contribution in [3.63, 3.8) is 0 Å². The van der Waals surface area contributed by atoms with Crippen LogP contribution in [0, 0.1) is 0 Å². The van der Waals surface area contributed by atoms with E-state index in [2.05, 4.69) is 10.6 Å². The normalized spacial score (nSPS) is 11.9. The Kier molecular flexibility index (Phi) is 5.53. The molecule has 0 saturated heterocycles. The summed E-state index contributed by atoms with van der Waals surface area (Å²) >= 11 is 0. The molecule has 6 nitrogen and oxygen atoms in total. The van der Waals surface area contributed by atoms with Crippen molar-refractivity contribution in [2.45, 2.75) is 6.10 Å². The van der Waals surface area contributed by atoms with Crippen LogP contribution in [0.2, 0.25) is 0 Å². The molecule has 1 aromatic heterocycles. The number of aliphatic hydroxyl groups is 1. The third kappa shape index (κ3) is 4.51. The highest BCUT2D eigenvalue weighted by atomic mass is 16.5. The summed E-state index contributed by atoms with van der Waals surface area (Å²) in [6.45, 7) is 0.775. The molecular weight excluding hydrogens is 320 g/mol. The molecule has 0 saturated carbocycles.